The van der Waals surface area contributed by atoms with Gasteiger partial charge in [-0.1, -0.05) is 18.3 Å². The number of nitrogens with one attached hydrogen (secondary N) is 1. The Balaban J connectivity index is 1.58. The summed E-state index contributed by atoms with van der Waals surface area (Å²) < 4.78 is 28.0. The fraction of sp³-hybridized carbons (Fsp3) is 0.500. The van der Waals surface area contributed by atoms with Crippen molar-refractivity contribution in [2.45, 2.75) is 39.0 Å². The summed E-state index contributed by atoms with van der Waals surface area (Å²) in [5.41, 5.74) is 1.33. The zero-order valence-corrected chi connectivity index (χ0v) is 18.5. The molecule has 0 radical (unpaired) electrons. The predicted molar refractivity (Wildman–Crippen MR) is 107 cm³/mol. The van der Waals surface area contributed by atoms with Crippen molar-refractivity contribution >= 4 is 38.3 Å². The van der Waals surface area contributed by atoms with Gasteiger partial charge in [-0.3, -0.25) is 4.79 Å². The van der Waals surface area contributed by atoms with E-state index >= 15 is 0 Å². The zero-order valence-electron chi connectivity index (χ0n) is 16.9. The van der Waals surface area contributed by atoms with Crippen molar-refractivity contribution in [1.82, 2.24) is 14.0 Å². The van der Waals surface area contributed by atoms with E-state index in [1.165, 1.54) is 23.2 Å². The lowest BCUT2D eigenvalue weighted by Crippen LogP contribution is -2.64. The number of hydrogen-bond donors (Lipinski definition) is 3. The Morgan fingerprint density at radius 2 is 2.19 bits per heavy atom. The van der Waals surface area contributed by atoms with Gasteiger partial charge in [0, 0.05) is 29.8 Å². The number of thiazole rings is 1. The molecule has 168 valence electrons. The Labute approximate surface area is 182 Å². The van der Waals surface area contributed by atoms with E-state index in [-0.39, 0.29) is 30.7 Å². The smallest absolute Gasteiger partial charge is 0.274 e. The number of imidazole rings is 1. The number of aliphatic hydroxyl groups excluding tert-OH is 1. The lowest BCUT2D eigenvalue weighted by atomic mass is 9.78. The maximum atomic E-state index is 12.4. The topological polar surface area (TPSA) is 161 Å². The molecule has 4 heterocycles. The van der Waals surface area contributed by atoms with Gasteiger partial charge in [-0.05, 0) is 6.92 Å². The number of carboxylic acids is 1. The maximum absolute atomic E-state index is 12.4. The van der Waals surface area contributed by atoms with Gasteiger partial charge in [0.1, 0.15) is 18.4 Å². The summed E-state index contributed by atoms with van der Waals surface area (Å²) in [5.74, 6) is -2.66. The molecule has 11 nitrogen and oxygen atoms in total. The Morgan fingerprint density at radius 1 is 1.48 bits per heavy atom. The fourth-order valence-electron chi connectivity index (χ4n) is 4.56. The molecule has 2 aromatic heterocycles. The third-order valence-corrected chi connectivity index (χ3v) is 7.49. The fourth-order valence-corrected chi connectivity index (χ4v) is 5.91. The maximum Gasteiger partial charge on any atom is 0.274 e. The predicted octanol–water partition coefficient (Wildman–Crippen LogP) is -2.51. The SMILES string of the molecule is C[C@@H](O)[C@H]1C(=O)N2C(C(=O)[O-])=C(C[n+]3cc4scc(CCNS(N)(=O)=O)n4c3)[C@H](C)[C@H]12. The molecule has 0 unspecified atom stereocenters. The second kappa shape index (κ2) is 7.67. The van der Waals surface area contributed by atoms with Crippen LogP contribution in [0.25, 0.3) is 4.83 Å². The molecule has 1 saturated heterocycles. The highest BCUT2D eigenvalue weighted by Gasteiger charge is 2.58. The second-order valence-corrected chi connectivity index (χ2v) is 10.2. The van der Waals surface area contributed by atoms with Crippen molar-refractivity contribution in [1.29, 1.82) is 0 Å². The van der Waals surface area contributed by atoms with E-state index < -0.39 is 34.1 Å². The quantitative estimate of drug-likeness (QED) is 0.286. The van der Waals surface area contributed by atoms with Gasteiger partial charge in [0.15, 0.2) is 0 Å². The van der Waals surface area contributed by atoms with E-state index in [0.717, 1.165) is 10.5 Å². The number of nitrogens with two attached hydrogens (primary N) is 1. The number of rotatable bonds is 8. The van der Waals surface area contributed by atoms with Crippen molar-refractivity contribution in [3.05, 3.63) is 34.9 Å². The van der Waals surface area contributed by atoms with Crippen LogP contribution in [0.4, 0.5) is 0 Å². The Morgan fingerprint density at radius 3 is 2.81 bits per heavy atom. The first-order chi connectivity index (χ1) is 14.5. The number of fused-ring (bicyclic) bond motifs is 2. The van der Waals surface area contributed by atoms with Gasteiger partial charge >= 0.3 is 0 Å². The largest absolute Gasteiger partial charge is 0.543 e. The zero-order chi connectivity index (χ0) is 22.7. The third-order valence-electron chi connectivity index (χ3n) is 5.95. The van der Waals surface area contributed by atoms with E-state index in [9.17, 15) is 28.2 Å². The molecule has 31 heavy (non-hydrogen) atoms. The van der Waals surface area contributed by atoms with Crippen LogP contribution >= 0.6 is 11.3 Å². The van der Waals surface area contributed by atoms with Crippen molar-refractivity contribution in [2.75, 3.05) is 6.54 Å². The average Bonchev–Trinajstić information content (AvgIpc) is 3.27. The van der Waals surface area contributed by atoms with Crippen LogP contribution in [0.1, 0.15) is 19.5 Å². The number of carbonyl (C=O) groups is 2. The number of aliphatic hydroxyl groups is 1. The molecule has 13 heteroatoms. The minimum absolute atomic E-state index is 0.112. The average molecular weight is 470 g/mol. The number of β-lactam (4-membered cyclic amide) rings is 1. The summed E-state index contributed by atoms with van der Waals surface area (Å²) in [5, 5.41) is 28.6. The van der Waals surface area contributed by atoms with Crippen molar-refractivity contribution in [2.24, 2.45) is 17.0 Å². The highest BCUT2D eigenvalue weighted by molar-refractivity contribution is 7.87. The summed E-state index contributed by atoms with van der Waals surface area (Å²) in [6.07, 6.45) is 3.22. The molecule has 0 bridgehead atoms. The third kappa shape index (κ3) is 3.76. The Bertz CT molecular complexity index is 1200. The van der Waals surface area contributed by atoms with Gasteiger partial charge < -0.3 is 19.9 Å². The minimum Gasteiger partial charge on any atom is -0.543 e. The number of carbonyl (C=O) groups excluding carboxylic acids is 2. The van der Waals surface area contributed by atoms with E-state index in [2.05, 4.69) is 4.72 Å². The van der Waals surface area contributed by atoms with Gasteiger partial charge in [0.05, 0.1) is 29.7 Å². The van der Waals surface area contributed by atoms with E-state index in [1.807, 2.05) is 27.5 Å². The normalized spacial score (nSPS) is 24.6. The number of aromatic nitrogens is 2. The molecular weight excluding hydrogens is 446 g/mol. The molecule has 0 spiro atoms. The first-order valence-electron chi connectivity index (χ1n) is 9.70. The van der Waals surface area contributed by atoms with E-state index in [1.54, 1.807) is 6.33 Å². The summed E-state index contributed by atoms with van der Waals surface area (Å²) in [6.45, 7) is 3.79. The summed E-state index contributed by atoms with van der Waals surface area (Å²) in [4.78, 5) is 26.4. The standard InChI is InChI=1S/C18H23N5O6S2/c1-9-12(16(18(26)27)23-15(9)14(10(2)24)17(23)25)5-21-6-13-22(8-21)11(7-30-13)3-4-20-31(19,28)29/h6-10,14-15,20,24H,3-5H2,1-2H3,(H2-,19,26,27,28,29)/t9-,10+,14+,15+/m0/s1. The number of nitrogens with zero attached hydrogens (tertiary/aromatic N) is 3. The molecule has 1 amide bonds. The molecule has 0 saturated carbocycles. The van der Waals surface area contributed by atoms with Crippen LogP contribution in [0.5, 0.6) is 0 Å². The van der Waals surface area contributed by atoms with E-state index in [4.69, 9.17) is 5.14 Å². The molecule has 2 aromatic rings. The van der Waals surface area contributed by atoms with E-state index in [0.29, 0.717) is 12.0 Å². The van der Waals surface area contributed by atoms with Crippen LogP contribution in [0.3, 0.4) is 0 Å². The minimum atomic E-state index is -3.76. The molecular formula is C18H23N5O6S2. The summed E-state index contributed by atoms with van der Waals surface area (Å²) >= 11 is 1.47. The summed E-state index contributed by atoms with van der Waals surface area (Å²) in [7, 11) is -3.76. The number of amides is 1. The first-order valence-corrected chi connectivity index (χ1v) is 12.1. The first kappa shape index (κ1) is 21.9. The Hall–Kier alpha value is -2.32. The number of hydrogen-bond acceptors (Lipinski definition) is 7. The lowest BCUT2D eigenvalue weighted by molar-refractivity contribution is -0.688. The molecule has 0 aliphatic carbocycles. The highest BCUT2D eigenvalue weighted by atomic mass is 32.2. The van der Waals surface area contributed by atoms with Gasteiger partial charge in [-0.2, -0.15) is 12.8 Å². The number of carboxylic acid groups (broad SMARTS) is 1. The van der Waals surface area contributed by atoms with Crippen molar-refractivity contribution in [3.63, 3.8) is 0 Å². The van der Waals surface area contributed by atoms with Crippen LogP contribution in [0, 0.1) is 11.8 Å². The highest BCUT2D eigenvalue weighted by Crippen LogP contribution is 2.46. The van der Waals surface area contributed by atoms with Gasteiger partial charge in [0.2, 0.25) is 17.1 Å². The molecule has 0 aromatic carbocycles. The molecule has 2 aliphatic rings. The number of aliphatic carboxylic acids is 1. The lowest BCUT2D eigenvalue weighted by Gasteiger charge is -2.47. The molecule has 2 aliphatic heterocycles. The van der Waals surface area contributed by atoms with Gasteiger partial charge in [0.25, 0.3) is 10.2 Å². The second-order valence-electron chi connectivity index (χ2n) is 7.96. The van der Waals surface area contributed by atoms with Crippen LogP contribution in [0.2, 0.25) is 0 Å². The van der Waals surface area contributed by atoms with Crippen LogP contribution < -0.4 is 19.5 Å². The molecule has 4 atom stereocenters. The van der Waals surface area contributed by atoms with Gasteiger partial charge in [-0.15, -0.1) is 0 Å². The Kier molecular flexibility index (Phi) is 5.42. The van der Waals surface area contributed by atoms with Crippen molar-refractivity contribution < 1.29 is 32.8 Å². The molecule has 1 fully saturated rings. The van der Waals surface area contributed by atoms with Gasteiger partial charge in [-0.25, -0.2) is 14.4 Å². The molecule has 4 rings (SSSR count). The monoisotopic (exact) mass is 469 g/mol. The summed E-state index contributed by atoms with van der Waals surface area (Å²) in [6, 6.07) is -0.389. The van der Waals surface area contributed by atoms with Crippen molar-refractivity contribution in [3.8, 4) is 0 Å². The molecule has 4 N–H and O–H groups in total. The van der Waals surface area contributed by atoms with Crippen LogP contribution in [-0.4, -0.2) is 53.4 Å². The van der Waals surface area contributed by atoms with Crippen LogP contribution in [-0.2, 0) is 32.8 Å². The van der Waals surface area contributed by atoms with Crippen LogP contribution in [0.15, 0.2) is 29.2 Å².